The molecule has 1 unspecified atom stereocenters. The van der Waals surface area contributed by atoms with Crippen LogP contribution in [0.15, 0.2) is 5.38 Å². The van der Waals surface area contributed by atoms with Crippen molar-refractivity contribution in [3.8, 4) is 0 Å². The third-order valence-corrected chi connectivity index (χ3v) is 4.42. The SMILES string of the molecule is CC1CCCN(Cc2csc(NC(=O)CC(C)(C)C)n2)C1. The molecule has 2 heterocycles. The lowest BCUT2D eigenvalue weighted by Crippen LogP contribution is -2.33. The summed E-state index contributed by atoms with van der Waals surface area (Å²) in [7, 11) is 0. The fourth-order valence-electron chi connectivity index (χ4n) is 2.74. The van der Waals surface area contributed by atoms with Gasteiger partial charge in [-0.05, 0) is 30.7 Å². The van der Waals surface area contributed by atoms with Crippen molar-refractivity contribution in [1.29, 1.82) is 0 Å². The van der Waals surface area contributed by atoms with Crippen LogP contribution >= 0.6 is 11.3 Å². The number of rotatable bonds is 4. The van der Waals surface area contributed by atoms with E-state index in [-0.39, 0.29) is 11.3 Å². The molecule has 1 saturated heterocycles. The number of piperidine rings is 1. The topological polar surface area (TPSA) is 45.2 Å². The number of nitrogens with one attached hydrogen (secondary N) is 1. The Balaban J connectivity index is 1.85. The second-order valence-corrected chi connectivity index (χ2v) is 8.27. The third kappa shape index (κ3) is 5.75. The van der Waals surface area contributed by atoms with Crippen LogP contribution in [0.5, 0.6) is 0 Å². The van der Waals surface area contributed by atoms with E-state index in [0.29, 0.717) is 6.42 Å². The fraction of sp³-hybridized carbons (Fsp3) is 0.750. The van der Waals surface area contributed by atoms with E-state index in [1.807, 2.05) is 0 Å². The van der Waals surface area contributed by atoms with Crippen molar-refractivity contribution in [3.05, 3.63) is 11.1 Å². The van der Waals surface area contributed by atoms with E-state index >= 15 is 0 Å². The van der Waals surface area contributed by atoms with E-state index in [9.17, 15) is 4.79 Å². The number of nitrogens with zero attached hydrogens (tertiary/aromatic N) is 2. The Morgan fingerprint density at radius 3 is 2.95 bits per heavy atom. The molecule has 1 aliphatic rings. The number of carbonyl (C=O) groups is 1. The molecular weight excluding hydrogens is 282 g/mol. The molecule has 0 aromatic carbocycles. The summed E-state index contributed by atoms with van der Waals surface area (Å²) < 4.78 is 0. The molecular formula is C16H27N3OS. The number of hydrogen-bond donors (Lipinski definition) is 1. The maximum atomic E-state index is 11.9. The average molecular weight is 309 g/mol. The predicted octanol–water partition coefficient (Wildman–Crippen LogP) is 3.75. The van der Waals surface area contributed by atoms with Gasteiger partial charge in [-0.25, -0.2) is 4.98 Å². The lowest BCUT2D eigenvalue weighted by atomic mass is 9.92. The Labute approximate surface area is 132 Å². The van der Waals surface area contributed by atoms with E-state index in [2.05, 4.69) is 48.3 Å². The first-order valence-electron chi connectivity index (χ1n) is 7.78. The predicted molar refractivity (Wildman–Crippen MR) is 88.5 cm³/mol. The first-order chi connectivity index (χ1) is 9.82. The quantitative estimate of drug-likeness (QED) is 0.921. The second-order valence-electron chi connectivity index (χ2n) is 7.41. The number of amides is 1. The number of anilines is 1. The van der Waals surface area contributed by atoms with E-state index < -0.39 is 0 Å². The zero-order chi connectivity index (χ0) is 15.5. The summed E-state index contributed by atoms with van der Waals surface area (Å²) >= 11 is 1.52. The van der Waals surface area contributed by atoms with Crippen LogP contribution in [0.2, 0.25) is 0 Å². The summed E-state index contributed by atoms with van der Waals surface area (Å²) in [4.78, 5) is 18.9. The van der Waals surface area contributed by atoms with Crippen molar-refractivity contribution in [2.45, 2.75) is 53.5 Å². The fourth-order valence-corrected chi connectivity index (χ4v) is 3.46. The lowest BCUT2D eigenvalue weighted by Gasteiger charge is -2.30. The van der Waals surface area contributed by atoms with Gasteiger partial charge < -0.3 is 5.32 Å². The Morgan fingerprint density at radius 1 is 1.52 bits per heavy atom. The van der Waals surface area contributed by atoms with Crippen LogP contribution in [0.1, 0.15) is 52.7 Å². The van der Waals surface area contributed by atoms with Gasteiger partial charge in [0, 0.05) is 24.9 Å². The highest BCUT2D eigenvalue weighted by Gasteiger charge is 2.19. The summed E-state index contributed by atoms with van der Waals surface area (Å²) in [5, 5.41) is 5.70. The molecule has 0 aliphatic carbocycles. The van der Waals surface area contributed by atoms with Gasteiger partial charge >= 0.3 is 0 Å². The molecule has 0 bridgehead atoms. The Morgan fingerprint density at radius 2 is 2.29 bits per heavy atom. The van der Waals surface area contributed by atoms with Crippen LogP contribution in [0.25, 0.3) is 0 Å². The van der Waals surface area contributed by atoms with Crippen LogP contribution in [0, 0.1) is 11.3 Å². The number of likely N-dealkylation sites (tertiary alicyclic amines) is 1. The van der Waals surface area contributed by atoms with Crippen LogP contribution in [-0.4, -0.2) is 28.9 Å². The van der Waals surface area contributed by atoms with Gasteiger partial charge in [-0.3, -0.25) is 9.69 Å². The first kappa shape index (κ1) is 16.4. The Hall–Kier alpha value is -0.940. The molecule has 2 rings (SSSR count). The highest BCUT2D eigenvalue weighted by molar-refractivity contribution is 7.13. The number of hydrogen-bond acceptors (Lipinski definition) is 4. The zero-order valence-electron chi connectivity index (χ0n) is 13.6. The molecule has 1 fully saturated rings. The van der Waals surface area contributed by atoms with Crippen molar-refractivity contribution in [1.82, 2.24) is 9.88 Å². The molecule has 0 spiro atoms. The molecule has 118 valence electrons. The van der Waals surface area contributed by atoms with Crippen LogP contribution in [0.4, 0.5) is 5.13 Å². The van der Waals surface area contributed by atoms with Gasteiger partial charge in [0.05, 0.1) is 5.69 Å². The maximum absolute atomic E-state index is 11.9. The molecule has 1 aromatic rings. The second kappa shape index (κ2) is 6.88. The molecule has 4 nitrogen and oxygen atoms in total. The largest absolute Gasteiger partial charge is 0.302 e. The van der Waals surface area contributed by atoms with E-state index in [4.69, 9.17) is 0 Å². The van der Waals surface area contributed by atoms with Crippen LogP contribution < -0.4 is 5.32 Å². The number of aromatic nitrogens is 1. The number of thiazole rings is 1. The van der Waals surface area contributed by atoms with E-state index in [1.54, 1.807) is 0 Å². The van der Waals surface area contributed by atoms with Gasteiger partial charge in [-0.1, -0.05) is 27.7 Å². The molecule has 5 heteroatoms. The number of carbonyl (C=O) groups excluding carboxylic acids is 1. The van der Waals surface area contributed by atoms with Gasteiger partial charge in [0.15, 0.2) is 5.13 Å². The average Bonchev–Trinajstić information content (AvgIpc) is 2.73. The smallest absolute Gasteiger partial charge is 0.226 e. The van der Waals surface area contributed by atoms with Crippen molar-refractivity contribution < 1.29 is 4.79 Å². The minimum absolute atomic E-state index is 0.00805. The summed E-state index contributed by atoms with van der Waals surface area (Å²) in [6.45, 7) is 11.7. The molecule has 1 aromatic heterocycles. The van der Waals surface area contributed by atoms with Gasteiger partial charge in [-0.2, -0.15) is 0 Å². The molecule has 21 heavy (non-hydrogen) atoms. The van der Waals surface area contributed by atoms with Crippen molar-refractivity contribution in [3.63, 3.8) is 0 Å². The van der Waals surface area contributed by atoms with Gasteiger partial charge in [0.25, 0.3) is 0 Å². The highest BCUT2D eigenvalue weighted by Crippen LogP contribution is 2.23. The standard InChI is InChI=1S/C16H27N3OS/c1-12-6-5-7-19(9-12)10-13-11-21-15(17-13)18-14(20)8-16(2,3)4/h11-12H,5-10H2,1-4H3,(H,17,18,20). The van der Waals surface area contributed by atoms with Gasteiger partial charge in [0.2, 0.25) is 5.91 Å². The molecule has 1 aliphatic heterocycles. The van der Waals surface area contributed by atoms with Gasteiger partial charge in [0.1, 0.15) is 0 Å². The minimum atomic E-state index is 0.00805. The van der Waals surface area contributed by atoms with Crippen molar-refractivity contribution >= 4 is 22.4 Å². The monoisotopic (exact) mass is 309 g/mol. The maximum Gasteiger partial charge on any atom is 0.226 e. The van der Waals surface area contributed by atoms with E-state index in [1.165, 1.54) is 24.2 Å². The highest BCUT2D eigenvalue weighted by atomic mass is 32.1. The Kier molecular flexibility index (Phi) is 5.38. The third-order valence-electron chi connectivity index (χ3n) is 3.62. The normalized spacial score (nSPS) is 20.5. The summed E-state index contributed by atoms with van der Waals surface area (Å²) in [6.07, 6.45) is 3.13. The summed E-state index contributed by atoms with van der Waals surface area (Å²) in [6, 6.07) is 0. The Bertz CT molecular complexity index is 478. The van der Waals surface area contributed by atoms with E-state index in [0.717, 1.165) is 36.4 Å². The van der Waals surface area contributed by atoms with Crippen molar-refractivity contribution in [2.24, 2.45) is 11.3 Å². The van der Waals surface area contributed by atoms with Crippen molar-refractivity contribution in [2.75, 3.05) is 18.4 Å². The molecule has 0 radical (unpaired) electrons. The first-order valence-corrected chi connectivity index (χ1v) is 8.66. The molecule has 1 N–H and O–H groups in total. The zero-order valence-corrected chi connectivity index (χ0v) is 14.4. The summed E-state index contributed by atoms with van der Waals surface area (Å²) in [5.41, 5.74) is 1.08. The minimum Gasteiger partial charge on any atom is -0.302 e. The molecule has 1 amide bonds. The molecule has 1 atom stereocenters. The summed E-state index contributed by atoms with van der Waals surface area (Å²) in [5.74, 6) is 0.832. The van der Waals surface area contributed by atoms with Gasteiger partial charge in [-0.15, -0.1) is 11.3 Å². The lowest BCUT2D eigenvalue weighted by molar-refractivity contribution is -0.117. The molecule has 0 saturated carbocycles. The van der Waals surface area contributed by atoms with Crippen LogP contribution in [0.3, 0.4) is 0 Å². The van der Waals surface area contributed by atoms with Crippen LogP contribution in [-0.2, 0) is 11.3 Å².